The van der Waals surface area contributed by atoms with E-state index in [4.69, 9.17) is 14.2 Å². The fraction of sp³-hybridized carbons (Fsp3) is 0.286. The van der Waals surface area contributed by atoms with Gasteiger partial charge >= 0.3 is 5.97 Å². The number of para-hydroxylation sites is 2. The molecule has 2 aromatic carbocycles. The summed E-state index contributed by atoms with van der Waals surface area (Å²) in [5.41, 5.74) is 0.948. The van der Waals surface area contributed by atoms with E-state index in [1.807, 2.05) is 19.1 Å². The zero-order chi connectivity index (χ0) is 20.4. The van der Waals surface area contributed by atoms with Crippen LogP contribution in [0.25, 0.3) is 0 Å². The van der Waals surface area contributed by atoms with Crippen molar-refractivity contribution in [3.05, 3.63) is 54.1 Å². The molecule has 7 nitrogen and oxygen atoms in total. The molecule has 0 unspecified atom stereocenters. The minimum absolute atomic E-state index is 0.00639. The van der Waals surface area contributed by atoms with Crippen LogP contribution < -0.4 is 14.8 Å². The number of carbonyl (C=O) groups is 3. The first-order valence-corrected chi connectivity index (χ1v) is 8.90. The number of benzene rings is 2. The monoisotopic (exact) mass is 385 g/mol. The van der Waals surface area contributed by atoms with Crippen molar-refractivity contribution in [1.82, 2.24) is 0 Å². The summed E-state index contributed by atoms with van der Waals surface area (Å²) in [6.07, 6.45) is -0.00639. The number of rotatable bonds is 10. The summed E-state index contributed by atoms with van der Waals surface area (Å²) < 4.78 is 15.9. The third kappa shape index (κ3) is 6.75. The number of nitrogens with one attached hydrogen (secondary N) is 1. The smallest absolute Gasteiger partial charge is 0.309 e. The Morgan fingerprint density at radius 2 is 1.68 bits per heavy atom. The van der Waals surface area contributed by atoms with Crippen molar-refractivity contribution >= 4 is 23.3 Å². The van der Waals surface area contributed by atoms with Crippen LogP contribution in [-0.4, -0.2) is 37.5 Å². The van der Waals surface area contributed by atoms with E-state index in [2.05, 4.69) is 5.32 Å². The van der Waals surface area contributed by atoms with Gasteiger partial charge in [-0.3, -0.25) is 14.4 Å². The predicted octanol–water partition coefficient (Wildman–Crippen LogP) is 3.24. The lowest BCUT2D eigenvalue weighted by molar-refractivity contribution is -0.147. The van der Waals surface area contributed by atoms with Crippen LogP contribution in [0.1, 0.15) is 30.6 Å². The second kappa shape index (κ2) is 10.7. The lowest BCUT2D eigenvalue weighted by atomic mass is 10.1. The number of ketones is 1. The topological polar surface area (TPSA) is 90.9 Å². The molecule has 0 heterocycles. The Balaban J connectivity index is 1.73. The predicted molar refractivity (Wildman–Crippen MR) is 104 cm³/mol. The highest BCUT2D eigenvalue weighted by molar-refractivity contribution is 5.97. The zero-order valence-corrected chi connectivity index (χ0v) is 15.9. The van der Waals surface area contributed by atoms with E-state index in [9.17, 15) is 14.4 Å². The highest BCUT2D eigenvalue weighted by Gasteiger charge is 2.10. The van der Waals surface area contributed by atoms with Crippen LogP contribution in [-0.2, 0) is 14.3 Å². The summed E-state index contributed by atoms with van der Waals surface area (Å²) in [4.78, 5) is 35.0. The Kier molecular flexibility index (Phi) is 8.02. The molecule has 0 aromatic heterocycles. The van der Waals surface area contributed by atoms with E-state index in [1.165, 1.54) is 6.92 Å². The van der Waals surface area contributed by atoms with Crippen molar-refractivity contribution in [2.45, 2.75) is 20.3 Å². The molecule has 0 bridgehead atoms. The molecule has 0 saturated heterocycles. The Morgan fingerprint density at radius 3 is 2.36 bits per heavy atom. The van der Waals surface area contributed by atoms with Gasteiger partial charge in [-0.25, -0.2) is 0 Å². The summed E-state index contributed by atoms with van der Waals surface area (Å²) in [7, 11) is 0. The Labute approximate surface area is 163 Å². The first-order valence-electron chi connectivity index (χ1n) is 8.90. The third-order valence-corrected chi connectivity index (χ3v) is 3.63. The number of hydrogen-bond donors (Lipinski definition) is 1. The van der Waals surface area contributed by atoms with Gasteiger partial charge in [0.1, 0.15) is 0 Å². The zero-order valence-electron chi connectivity index (χ0n) is 15.9. The van der Waals surface area contributed by atoms with Crippen molar-refractivity contribution in [3.63, 3.8) is 0 Å². The van der Waals surface area contributed by atoms with Gasteiger partial charge < -0.3 is 19.5 Å². The second-order valence-corrected chi connectivity index (χ2v) is 5.82. The van der Waals surface area contributed by atoms with Crippen LogP contribution >= 0.6 is 0 Å². The van der Waals surface area contributed by atoms with Gasteiger partial charge in [0, 0.05) is 11.3 Å². The molecule has 0 radical (unpaired) electrons. The Morgan fingerprint density at radius 1 is 0.964 bits per heavy atom. The molecule has 148 valence electrons. The van der Waals surface area contributed by atoms with Crippen LogP contribution in [0.4, 0.5) is 5.69 Å². The van der Waals surface area contributed by atoms with Gasteiger partial charge in [-0.2, -0.15) is 0 Å². The molecule has 0 spiro atoms. The molecule has 0 aliphatic heterocycles. The summed E-state index contributed by atoms with van der Waals surface area (Å²) in [5.74, 6) is -0.00240. The first-order chi connectivity index (χ1) is 13.5. The Hall–Kier alpha value is -3.35. The van der Waals surface area contributed by atoms with Crippen molar-refractivity contribution in [3.8, 4) is 11.5 Å². The normalized spacial score (nSPS) is 10.1. The number of esters is 1. The van der Waals surface area contributed by atoms with E-state index >= 15 is 0 Å². The van der Waals surface area contributed by atoms with E-state index in [0.717, 1.165) is 0 Å². The van der Waals surface area contributed by atoms with Gasteiger partial charge in [0.15, 0.2) is 23.9 Å². The standard InChI is InChI=1S/C21H23NO6/c1-3-26-18-9-4-5-10-19(18)27-12-11-21(25)28-14-20(24)22-17-8-6-7-16(13-17)15(2)23/h4-10,13H,3,11-12,14H2,1-2H3,(H,22,24). The fourth-order valence-corrected chi connectivity index (χ4v) is 2.32. The fourth-order valence-electron chi connectivity index (χ4n) is 2.32. The lowest BCUT2D eigenvalue weighted by Crippen LogP contribution is -2.21. The molecule has 0 atom stereocenters. The summed E-state index contributed by atoms with van der Waals surface area (Å²) in [6.45, 7) is 3.50. The van der Waals surface area contributed by atoms with Crippen molar-refractivity contribution in [2.24, 2.45) is 0 Å². The molecule has 0 saturated carbocycles. The highest BCUT2D eigenvalue weighted by Crippen LogP contribution is 2.26. The van der Waals surface area contributed by atoms with Crippen LogP contribution in [0.15, 0.2) is 48.5 Å². The maximum atomic E-state index is 11.9. The van der Waals surface area contributed by atoms with Crippen LogP contribution in [0.3, 0.4) is 0 Å². The number of carbonyl (C=O) groups excluding carboxylic acids is 3. The number of anilines is 1. The molecular weight excluding hydrogens is 362 g/mol. The van der Waals surface area contributed by atoms with E-state index in [0.29, 0.717) is 29.4 Å². The van der Waals surface area contributed by atoms with Crippen LogP contribution in [0.5, 0.6) is 11.5 Å². The largest absolute Gasteiger partial charge is 0.490 e. The van der Waals surface area contributed by atoms with Crippen LogP contribution in [0.2, 0.25) is 0 Å². The molecule has 1 N–H and O–H groups in total. The number of ether oxygens (including phenoxy) is 3. The molecule has 2 rings (SSSR count). The van der Waals surface area contributed by atoms with E-state index in [1.54, 1.807) is 36.4 Å². The maximum absolute atomic E-state index is 11.9. The average Bonchev–Trinajstić information content (AvgIpc) is 2.68. The molecule has 0 fully saturated rings. The number of amides is 1. The molecular formula is C21H23NO6. The average molecular weight is 385 g/mol. The quantitative estimate of drug-likeness (QED) is 0.499. The number of Topliss-reactive ketones (excluding diaryl/α,β-unsaturated/α-hetero) is 1. The van der Waals surface area contributed by atoms with Gasteiger partial charge in [0.2, 0.25) is 0 Å². The SMILES string of the molecule is CCOc1ccccc1OCCC(=O)OCC(=O)Nc1cccc(C(C)=O)c1. The maximum Gasteiger partial charge on any atom is 0.309 e. The van der Waals surface area contributed by atoms with Crippen molar-refractivity contribution < 1.29 is 28.6 Å². The Bertz CT molecular complexity index is 833. The third-order valence-electron chi connectivity index (χ3n) is 3.63. The molecule has 2 aromatic rings. The minimum atomic E-state index is -0.554. The van der Waals surface area contributed by atoms with Gasteiger partial charge in [-0.05, 0) is 38.1 Å². The molecule has 28 heavy (non-hydrogen) atoms. The number of hydrogen-bond acceptors (Lipinski definition) is 6. The van der Waals surface area contributed by atoms with Gasteiger partial charge in [-0.15, -0.1) is 0 Å². The summed E-state index contributed by atoms with van der Waals surface area (Å²) in [5, 5.41) is 2.58. The second-order valence-electron chi connectivity index (χ2n) is 5.82. The summed E-state index contributed by atoms with van der Waals surface area (Å²) >= 11 is 0. The molecule has 1 amide bonds. The van der Waals surface area contributed by atoms with Gasteiger partial charge in [0.05, 0.1) is 19.6 Å². The van der Waals surface area contributed by atoms with Gasteiger partial charge in [-0.1, -0.05) is 24.3 Å². The molecule has 0 aliphatic carbocycles. The summed E-state index contributed by atoms with van der Waals surface area (Å²) in [6, 6.07) is 13.7. The van der Waals surface area contributed by atoms with Crippen molar-refractivity contribution in [2.75, 3.05) is 25.1 Å². The first kappa shape index (κ1) is 21.0. The van der Waals surface area contributed by atoms with E-state index < -0.39 is 18.5 Å². The lowest BCUT2D eigenvalue weighted by Gasteiger charge is -2.11. The molecule has 0 aliphatic rings. The van der Waals surface area contributed by atoms with E-state index in [-0.39, 0.29) is 18.8 Å². The minimum Gasteiger partial charge on any atom is -0.490 e. The van der Waals surface area contributed by atoms with Crippen LogP contribution in [0, 0.1) is 0 Å². The van der Waals surface area contributed by atoms with Gasteiger partial charge in [0.25, 0.3) is 5.91 Å². The van der Waals surface area contributed by atoms with Crippen molar-refractivity contribution in [1.29, 1.82) is 0 Å². The highest BCUT2D eigenvalue weighted by atomic mass is 16.5. The molecule has 7 heteroatoms.